The van der Waals surface area contributed by atoms with E-state index < -0.39 is 0 Å². The summed E-state index contributed by atoms with van der Waals surface area (Å²) in [7, 11) is 0. The summed E-state index contributed by atoms with van der Waals surface area (Å²) in [6.45, 7) is 3.64. The van der Waals surface area contributed by atoms with Crippen molar-refractivity contribution in [2.75, 3.05) is 13.1 Å². The lowest BCUT2D eigenvalue weighted by Crippen LogP contribution is -2.28. The number of pyridine rings is 1. The first-order valence-corrected chi connectivity index (χ1v) is 11.3. The van der Waals surface area contributed by atoms with Crippen molar-refractivity contribution >= 4 is 28.1 Å². The van der Waals surface area contributed by atoms with E-state index in [1.54, 1.807) is 12.1 Å². The summed E-state index contributed by atoms with van der Waals surface area (Å²) in [6, 6.07) is 17.3. The summed E-state index contributed by atoms with van der Waals surface area (Å²) < 4.78 is 6.00. The average molecular weight is 447 g/mol. The molecule has 0 bridgehead atoms. The molecular formula is C24H22N4O3S. The van der Waals surface area contributed by atoms with Crippen molar-refractivity contribution in [1.29, 1.82) is 0 Å². The fraction of sp³-hybridized carbons (Fsp3) is 0.250. The lowest BCUT2D eigenvalue weighted by molar-refractivity contribution is 0.0790. The molecule has 1 amide bonds. The number of amides is 1. The van der Waals surface area contributed by atoms with Crippen LogP contribution in [0.25, 0.3) is 10.9 Å². The maximum Gasteiger partial charge on any atom is 0.322 e. The zero-order valence-corrected chi connectivity index (χ0v) is 18.4. The molecule has 8 heteroatoms. The summed E-state index contributed by atoms with van der Waals surface area (Å²) in [6.07, 6.45) is 0.813. The molecule has 2 aromatic carbocycles. The number of fused-ring (bicyclic) bond motifs is 1. The highest BCUT2D eigenvalue weighted by atomic mass is 32.1. The molecule has 1 saturated heterocycles. The van der Waals surface area contributed by atoms with Gasteiger partial charge in [-0.15, -0.1) is 0 Å². The maximum absolute atomic E-state index is 12.9. The zero-order chi connectivity index (χ0) is 22.1. The highest BCUT2D eigenvalue weighted by Crippen LogP contribution is 2.28. The zero-order valence-electron chi connectivity index (χ0n) is 17.6. The topological polar surface area (TPSA) is 88.2 Å². The largest absolute Gasteiger partial charge is 0.489 e. The normalized spacial score (nSPS) is 15.9. The second-order valence-corrected chi connectivity index (χ2v) is 8.93. The number of nitrogens with zero attached hydrogens (tertiary/aromatic N) is 3. The fourth-order valence-corrected chi connectivity index (χ4v) is 4.85. The van der Waals surface area contributed by atoms with Crippen molar-refractivity contribution in [2.45, 2.75) is 25.9 Å². The van der Waals surface area contributed by atoms with Gasteiger partial charge in [0.05, 0.1) is 5.52 Å². The molecule has 1 aliphatic rings. The Hall–Kier alpha value is -3.52. The minimum atomic E-state index is -0.157. The van der Waals surface area contributed by atoms with Crippen molar-refractivity contribution in [3.63, 3.8) is 0 Å². The van der Waals surface area contributed by atoms with Crippen LogP contribution in [-0.2, 0) is 6.61 Å². The molecule has 1 fully saturated rings. The molecule has 0 aliphatic carbocycles. The van der Waals surface area contributed by atoms with Gasteiger partial charge in [0.25, 0.3) is 5.91 Å². The van der Waals surface area contributed by atoms with Gasteiger partial charge in [-0.1, -0.05) is 29.5 Å². The number of hydrogen-bond donors (Lipinski definition) is 1. The molecule has 1 atom stereocenters. The Kier molecular flexibility index (Phi) is 5.45. The number of nitrogens with one attached hydrogen (secondary N) is 1. The molecule has 5 rings (SSSR count). The molecule has 1 aliphatic heterocycles. The monoisotopic (exact) mass is 446 g/mol. The predicted molar refractivity (Wildman–Crippen MR) is 123 cm³/mol. The Balaban J connectivity index is 1.24. The molecule has 1 N–H and O–H groups in total. The van der Waals surface area contributed by atoms with E-state index in [1.165, 1.54) is 0 Å². The number of carbonyl (C=O) groups excluding carboxylic acids is 1. The van der Waals surface area contributed by atoms with Crippen molar-refractivity contribution in [3.8, 4) is 5.75 Å². The highest BCUT2D eigenvalue weighted by molar-refractivity contribution is 7.08. The molecule has 0 radical (unpaired) electrons. The molecule has 1 unspecified atom stereocenters. The van der Waals surface area contributed by atoms with Gasteiger partial charge in [-0.05, 0) is 49.7 Å². The minimum Gasteiger partial charge on any atom is -0.489 e. The molecule has 32 heavy (non-hydrogen) atoms. The van der Waals surface area contributed by atoms with Crippen LogP contribution in [0.1, 0.15) is 39.0 Å². The first-order chi connectivity index (χ1) is 15.6. The van der Waals surface area contributed by atoms with E-state index in [2.05, 4.69) is 15.2 Å². The molecule has 3 heterocycles. The molecule has 0 spiro atoms. The highest BCUT2D eigenvalue weighted by Gasteiger charge is 2.30. The Morgan fingerprint density at radius 2 is 2.03 bits per heavy atom. The third-order valence-electron chi connectivity index (χ3n) is 5.70. The number of aromatic nitrogens is 3. The number of likely N-dealkylation sites (tertiary alicyclic amines) is 1. The molecule has 7 nitrogen and oxygen atoms in total. The molecule has 4 aromatic rings. The number of ether oxygens (including phenoxy) is 1. The number of para-hydroxylation sites is 1. The number of aryl methyl sites for hydroxylation is 1. The summed E-state index contributed by atoms with van der Waals surface area (Å²) in [4.78, 5) is 30.5. The minimum absolute atomic E-state index is 0.0160. The lowest BCUT2D eigenvalue weighted by atomic mass is 10.1. The van der Waals surface area contributed by atoms with Gasteiger partial charge < -0.3 is 9.64 Å². The molecule has 0 saturated carbocycles. The van der Waals surface area contributed by atoms with Crippen LogP contribution in [0.2, 0.25) is 0 Å². The smallest absolute Gasteiger partial charge is 0.322 e. The maximum atomic E-state index is 12.9. The van der Waals surface area contributed by atoms with Gasteiger partial charge in [0, 0.05) is 41.2 Å². The van der Waals surface area contributed by atoms with Crippen molar-refractivity contribution in [2.24, 2.45) is 0 Å². The third kappa shape index (κ3) is 4.13. The third-order valence-corrected chi connectivity index (χ3v) is 6.62. The first kappa shape index (κ1) is 20.4. The summed E-state index contributed by atoms with van der Waals surface area (Å²) in [5, 5.41) is 8.37. The van der Waals surface area contributed by atoms with Crippen LogP contribution in [-0.4, -0.2) is 39.1 Å². The Morgan fingerprint density at radius 3 is 2.81 bits per heavy atom. The Morgan fingerprint density at radius 1 is 1.22 bits per heavy atom. The fourth-order valence-electron chi connectivity index (χ4n) is 4.11. The molecule has 162 valence electrons. The second kappa shape index (κ2) is 8.55. The van der Waals surface area contributed by atoms with Gasteiger partial charge in [-0.2, -0.15) is 5.10 Å². The van der Waals surface area contributed by atoms with Gasteiger partial charge in [0.2, 0.25) is 0 Å². The van der Waals surface area contributed by atoms with Crippen LogP contribution in [0.3, 0.4) is 0 Å². The van der Waals surface area contributed by atoms with Crippen molar-refractivity contribution < 1.29 is 9.53 Å². The number of H-pyrrole nitrogens is 1. The van der Waals surface area contributed by atoms with Crippen LogP contribution in [0.5, 0.6) is 5.75 Å². The summed E-state index contributed by atoms with van der Waals surface area (Å²) >= 11 is 1.12. The van der Waals surface area contributed by atoms with Crippen LogP contribution in [0.15, 0.2) is 59.4 Å². The van der Waals surface area contributed by atoms with Gasteiger partial charge in [-0.25, -0.2) is 5.10 Å². The Bertz CT molecular complexity index is 1330. The number of rotatable bonds is 5. The predicted octanol–water partition coefficient (Wildman–Crippen LogP) is 3.90. The number of benzene rings is 2. The number of carbonyl (C=O) groups is 1. The number of aromatic amines is 1. The average Bonchev–Trinajstić information content (AvgIpc) is 3.46. The van der Waals surface area contributed by atoms with E-state index in [9.17, 15) is 9.59 Å². The quantitative estimate of drug-likeness (QED) is 0.502. The van der Waals surface area contributed by atoms with Crippen molar-refractivity contribution in [1.82, 2.24) is 20.1 Å². The van der Waals surface area contributed by atoms with Crippen LogP contribution >= 0.6 is 11.3 Å². The van der Waals surface area contributed by atoms with E-state index in [0.717, 1.165) is 44.9 Å². The van der Waals surface area contributed by atoms with E-state index in [4.69, 9.17) is 4.74 Å². The van der Waals surface area contributed by atoms with Gasteiger partial charge in [0.1, 0.15) is 17.4 Å². The van der Waals surface area contributed by atoms with E-state index in [0.29, 0.717) is 31.0 Å². The van der Waals surface area contributed by atoms with Gasteiger partial charge in [-0.3, -0.25) is 14.6 Å². The van der Waals surface area contributed by atoms with Gasteiger partial charge in [0.15, 0.2) is 0 Å². The molecular weight excluding hydrogens is 424 g/mol. The SMILES string of the molecule is Cc1cc(COc2ccc(C(=O)N3CCC(c4n[nH]c(=O)s4)C3)cc2)c2ccccc2n1. The summed E-state index contributed by atoms with van der Waals surface area (Å²) in [5.41, 5.74) is 3.61. The van der Waals surface area contributed by atoms with E-state index in [-0.39, 0.29) is 16.7 Å². The molecule has 2 aromatic heterocycles. The lowest BCUT2D eigenvalue weighted by Gasteiger charge is -2.16. The Labute approximate surface area is 188 Å². The van der Waals surface area contributed by atoms with Crippen molar-refractivity contribution in [3.05, 3.63) is 86.1 Å². The van der Waals surface area contributed by atoms with Gasteiger partial charge >= 0.3 is 4.87 Å². The second-order valence-electron chi connectivity index (χ2n) is 7.94. The van der Waals surface area contributed by atoms with E-state index >= 15 is 0 Å². The van der Waals surface area contributed by atoms with Crippen LogP contribution < -0.4 is 9.61 Å². The first-order valence-electron chi connectivity index (χ1n) is 10.5. The standard InChI is InChI=1S/C24H22N4O3S/c1-15-12-18(20-4-2-3-5-21(20)25-15)14-31-19-8-6-16(7-9-19)23(29)28-11-10-17(13-28)22-26-27-24(30)32-22/h2-9,12,17H,10-11,13-14H2,1H3,(H,27,30). The van der Waals surface area contributed by atoms with Crippen LogP contribution in [0, 0.1) is 6.92 Å². The van der Waals surface area contributed by atoms with Crippen LogP contribution in [0.4, 0.5) is 0 Å². The number of hydrogen-bond acceptors (Lipinski definition) is 6. The van der Waals surface area contributed by atoms with E-state index in [1.807, 2.05) is 54.3 Å². The summed E-state index contributed by atoms with van der Waals surface area (Å²) in [5.74, 6) is 0.808.